The molecule has 0 atom stereocenters. The molecule has 0 radical (unpaired) electrons. The molecule has 0 unspecified atom stereocenters. The first-order valence-corrected chi connectivity index (χ1v) is 6.65. The van der Waals surface area contributed by atoms with E-state index in [0.717, 1.165) is 0 Å². The van der Waals surface area contributed by atoms with Crippen molar-refractivity contribution in [3.05, 3.63) is 51.8 Å². The lowest BCUT2D eigenvalue weighted by Gasteiger charge is -2.07. The summed E-state index contributed by atoms with van der Waals surface area (Å²) in [6.07, 6.45) is 3.01. The van der Waals surface area contributed by atoms with E-state index in [1.54, 1.807) is 12.3 Å². The second kappa shape index (κ2) is 6.11. The number of anilines is 1. The van der Waals surface area contributed by atoms with Gasteiger partial charge in [-0.1, -0.05) is 23.2 Å². The fourth-order valence-corrected chi connectivity index (χ4v) is 2.16. The highest BCUT2D eigenvalue weighted by atomic mass is 35.5. The van der Waals surface area contributed by atoms with Gasteiger partial charge in [0.15, 0.2) is 5.78 Å². The summed E-state index contributed by atoms with van der Waals surface area (Å²) >= 11 is 11.9. The predicted molar refractivity (Wildman–Crippen MR) is 79.7 cm³/mol. The van der Waals surface area contributed by atoms with E-state index in [0.29, 0.717) is 23.5 Å². The fourth-order valence-electron chi connectivity index (χ4n) is 1.67. The molecule has 20 heavy (non-hydrogen) atoms. The van der Waals surface area contributed by atoms with Gasteiger partial charge in [0, 0.05) is 17.3 Å². The number of carbonyl (C=O) groups is 1. The summed E-state index contributed by atoms with van der Waals surface area (Å²) < 4.78 is 5.31. The Bertz CT molecular complexity index is 636. The monoisotopic (exact) mass is 310 g/mol. The SMILES string of the molecule is CCOc1cncc(C(=O)c2cc(Cl)c(N)c(Cl)c2)c1. The number of aromatic nitrogens is 1. The Labute approximate surface area is 126 Å². The standard InChI is InChI=1S/C14H12Cl2N2O2/c1-2-20-10-3-9(6-18-7-10)14(19)8-4-11(15)13(17)12(16)5-8/h3-7H,2,17H2,1H3. The molecule has 4 nitrogen and oxygen atoms in total. The first-order chi connectivity index (χ1) is 9.52. The number of ketones is 1. The Morgan fingerprint density at radius 2 is 1.85 bits per heavy atom. The van der Waals surface area contributed by atoms with Gasteiger partial charge in [0.05, 0.1) is 28.5 Å². The molecule has 1 aromatic heterocycles. The summed E-state index contributed by atoms with van der Waals surface area (Å²) in [5, 5.41) is 0.490. The number of nitrogens with zero attached hydrogens (tertiary/aromatic N) is 1. The zero-order valence-corrected chi connectivity index (χ0v) is 12.2. The summed E-state index contributed by atoms with van der Waals surface area (Å²) in [5.74, 6) is 0.286. The van der Waals surface area contributed by atoms with Crippen LogP contribution in [0.5, 0.6) is 5.75 Å². The largest absolute Gasteiger partial charge is 0.492 e. The van der Waals surface area contributed by atoms with Crippen LogP contribution in [0.1, 0.15) is 22.8 Å². The van der Waals surface area contributed by atoms with Crippen LogP contribution in [0.3, 0.4) is 0 Å². The van der Waals surface area contributed by atoms with Gasteiger partial charge in [-0.05, 0) is 25.1 Å². The minimum Gasteiger partial charge on any atom is -0.492 e. The Morgan fingerprint density at radius 3 is 2.45 bits per heavy atom. The van der Waals surface area contributed by atoms with Crippen LogP contribution in [0.25, 0.3) is 0 Å². The van der Waals surface area contributed by atoms with Crippen LogP contribution in [-0.4, -0.2) is 17.4 Å². The first kappa shape index (κ1) is 14.6. The van der Waals surface area contributed by atoms with Crippen molar-refractivity contribution in [2.75, 3.05) is 12.3 Å². The molecule has 0 saturated heterocycles. The van der Waals surface area contributed by atoms with Crippen LogP contribution in [-0.2, 0) is 0 Å². The average molecular weight is 311 g/mol. The fraction of sp³-hybridized carbons (Fsp3) is 0.143. The highest BCUT2D eigenvalue weighted by Gasteiger charge is 2.14. The molecule has 1 heterocycles. The van der Waals surface area contributed by atoms with Crippen LogP contribution >= 0.6 is 23.2 Å². The van der Waals surface area contributed by atoms with Gasteiger partial charge >= 0.3 is 0 Å². The Morgan fingerprint density at radius 1 is 1.20 bits per heavy atom. The van der Waals surface area contributed by atoms with Gasteiger partial charge in [0.2, 0.25) is 0 Å². The number of halogens is 2. The maximum Gasteiger partial charge on any atom is 0.194 e. The number of benzene rings is 1. The average Bonchev–Trinajstić information content (AvgIpc) is 2.44. The zero-order valence-electron chi connectivity index (χ0n) is 10.7. The van der Waals surface area contributed by atoms with Crippen LogP contribution in [0.15, 0.2) is 30.6 Å². The van der Waals surface area contributed by atoms with Crippen molar-refractivity contribution < 1.29 is 9.53 Å². The minimum absolute atomic E-state index is 0.245. The summed E-state index contributed by atoms with van der Waals surface area (Å²) in [7, 11) is 0. The molecule has 6 heteroatoms. The maximum absolute atomic E-state index is 12.4. The Hall–Kier alpha value is -1.78. The van der Waals surface area contributed by atoms with Crippen LogP contribution in [0.4, 0.5) is 5.69 Å². The molecule has 0 aliphatic rings. The lowest BCUT2D eigenvalue weighted by atomic mass is 10.0. The van der Waals surface area contributed by atoms with E-state index in [4.69, 9.17) is 33.7 Å². The highest BCUT2D eigenvalue weighted by Crippen LogP contribution is 2.30. The lowest BCUT2D eigenvalue weighted by molar-refractivity contribution is 0.103. The third-order valence-electron chi connectivity index (χ3n) is 2.63. The van der Waals surface area contributed by atoms with Crippen molar-refractivity contribution in [2.24, 2.45) is 0 Å². The summed E-state index contributed by atoms with van der Waals surface area (Å²) in [5.41, 5.74) is 6.65. The van der Waals surface area contributed by atoms with Crippen molar-refractivity contribution in [3.63, 3.8) is 0 Å². The lowest BCUT2D eigenvalue weighted by Crippen LogP contribution is -2.04. The smallest absolute Gasteiger partial charge is 0.194 e. The highest BCUT2D eigenvalue weighted by molar-refractivity contribution is 6.39. The molecule has 0 fully saturated rings. The molecule has 2 aromatic rings. The van der Waals surface area contributed by atoms with Gasteiger partial charge in [-0.15, -0.1) is 0 Å². The maximum atomic E-state index is 12.4. The van der Waals surface area contributed by atoms with Crippen molar-refractivity contribution in [2.45, 2.75) is 6.92 Å². The molecule has 0 spiro atoms. The second-order valence-electron chi connectivity index (χ2n) is 4.03. The zero-order chi connectivity index (χ0) is 14.7. The third kappa shape index (κ3) is 3.03. The first-order valence-electron chi connectivity index (χ1n) is 5.90. The number of rotatable bonds is 4. The van der Waals surface area contributed by atoms with Crippen LogP contribution in [0.2, 0.25) is 10.0 Å². The molecule has 0 saturated carbocycles. The molecule has 2 rings (SSSR count). The summed E-state index contributed by atoms with van der Waals surface area (Å²) in [4.78, 5) is 16.3. The predicted octanol–water partition coefficient (Wildman–Crippen LogP) is 3.60. The number of ether oxygens (including phenoxy) is 1. The summed E-state index contributed by atoms with van der Waals surface area (Å²) in [6.45, 7) is 2.35. The number of hydrogen-bond acceptors (Lipinski definition) is 4. The van der Waals surface area contributed by atoms with E-state index in [1.165, 1.54) is 18.3 Å². The molecule has 2 N–H and O–H groups in total. The van der Waals surface area contributed by atoms with Gasteiger partial charge in [0.1, 0.15) is 5.75 Å². The van der Waals surface area contributed by atoms with Crippen molar-refractivity contribution in [1.82, 2.24) is 4.98 Å². The van der Waals surface area contributed by atoms with Gasteiger partial charge in [0.25, 0.3) is 0 Å². The molecule has 1 aromatic carbocycles. The number of carbonyl (C=O) groups excluding carboxylic acids is 1. The molecular formula is C14H12Cl2N2O2. The molecule has 0 bridgehead atoms. The number of nitrogens with two attached hydrogens (primary N) is 1. The Balaban J connectivity index is 2.38. The summed E-state index contributed by atoms with van der Waals surface area (Å²) in [6, 6.07) is 4.59. The van der Waals surface area contributed by atoms with Crippen molar-refractivity contribution in [1.29, 1.82) is 0 Å². The van der Waals surface area contributed by atoms with Crippen molar-refractivity contribution in [3.8, 4) is 5.75 Å². The Kier molecular flexibility index (Phi) is 4.47. The molecule has 0 amide bonds. The van der Waals surface area contributed by atoms with Crippen molar-refractivity contribution >= 4 is 34.7 Å². The minimum atomic E-state index is -0.247. The van der Waals surface area contributed by atoms with Gasteiger partial charge < -0.3 is 10.5 Å². The topological polar surface area (TPSA) is 65.2 Å². The molecule has 0 aliphatic carbocycles. The van der Waals surface area contributed by atoms with E-state index in [1.807, 2.05) is 6.92 Å². The van der Waals surface area contributed by atoms with E-state index in [-0.39, 0.29) is 21.5 Å². The van der Waals surface area contributed by atoms with E-state index in [9.17, 15) is 4.79 Å². The third-order valence-corrected chi connectivity index (χ3v) is 3.25. The number of hydrogen-bond donors (Lipinski definition) is 1. The van der Waals surface area contributed by atoms with Gasteiger partial charge in [-0.3, -0.25) is 9.78 Å². The quantitative estimate of drug-likeness (QED) is 0.692. The van der Waals surface area contributed by atoms with Gasteiger partial charge in [-0.2, -0.15) is 0 Å². The van der Waals surface area contributed by atoms with Crippen LogP contribution in [0, 0.1) is 0 Å². The second-order valence-corrected chi connectivity index (χ2v) is 4.84. The molecular weight excluding hydrogens is 299 g/mol. The van der Waals surface area contributed by atoms with E-state index < -0.39 is 0 Å². The van der Waals surface area contributed by atoms with E-state index in [2.05, 4.69) is 4.98 Å². The van der Waals surface area contributed by atoms with Crippen LogP contribution < -0.4 is 10.5 Å². The van der Waals surface area contributed by atoms with E-state index >= 15 is 0 Å². The van der Waals surface area contributed by atoms with Gasteiger partial charge in [-0.25, -0.2) is 0 Å². The normalized spacial score (nSPS) is 10.3. The number of pyridine rings is 1. The number of nitrogen functional groups attached to an aromatic ring is 1. The molecule has 104 valence electrons. The molecule has 0 aliphatic heterocycles.